The lowest BCUT2D eigenvalue weighted by Gasteiger charge is -2.37. The molecule has 2 N–H and O–H groups in total. The Morgan fingerprint density at radius 3 is 2.52 bits per heavy atom. The summed E-state index contributed by atoms with van der Waals surface area (Å²) in [5, 5.41) is 14.1. The van der Waals surface area contributed by atoms with Crippen molar-refractivity contribution in [2.24, 2.45) is 0 Å². The largest absolute Gasteiger partial charge is 0.497 e. The summed E-state index contributed by atoms with van der Waals surface area (Å²) in [6, 6.07) is 13.1. The smallest absolute Gasteiger partial charge is 0.420 e. The molecule has 0 spiro atoms. The van der Waals surface area contributed by atoms with Gasteiger partial charge in [-0.2, -0.15) is 13.2 Å². The van der Waals surface area contributed by atoms with Crippen molar-refractivity contribution < 1.29 is 23.0 Å². The molecular weight excluding hydrogens is 405 g/mol. The summed E-state index contributed by atoms with van der Waals surface area (Å²) >= 11 is 5.66. The molecule has 0 saturated heterocycles. The predicted octanol–water partition coefficient (Wildman–Crippen LogP) is 5.24. The van der Waals surface area contributed by atoms with E-state index < -0.39 is 23.7 Å². The van der Waals surface area contributed by atoms with Crippen LogP contribution in [0.2, 0.25) is 0 Å². The van der Waals surface area contributed by atoms with Crippen LogP contribution in [0.4, 0.5) is 18.9 Å². The Hall–Kier alpha value is -2.51. The number of aliphatic hydroxyl groups is 1. The van der Waals surface area contributed by atoms with Crippen molar-refractivity contribution in [3.8, 4) is 5.75 Å². The van der Waals surface area contributed by atoms with E-state index >= 15 is 0 Å². The average Bonchev–Trinajstić information content (AvgIpc) is 2.70. The molecule has 29 heavy (non-hydrogen) atoms. The first-order valence-electron chi connectivity index (χ1n) is 8.81. The molecule has 8 heteroatoms. The number of halogens is 4. The van der Waals surface area contributed by atoms with Gasteiger partial charge >= 0.3 is 6.18 Å². The van der Waals surface area contributed by atoms with Crippen LogP contribution in [0.25, 0.3) is 10.9 Å². The molecule has 0 aliphatic heterocycles. The number of hydrogen-bond donors (Lipinski definition) is 2. The zero-order valence-corrected chi connectivity index (χ0v) is 16.6. The standard InChI is InChI=1S/C21H20ClF3N2O2/c1-13-9-10-16-17(26-13)7-4-8-18(16)27-19(20(28,12-22)21(23,24)25)14-5-3-6-15(11-14)29-2/h3-11,19,27-28H,12H2,1-2H3. The molecular formula is C21H20ClF3N2O2. The van der Waals surface area contributed by atoms with Gasteiger partial charge in [0.2, 0.25) is 0 Å². The number of benzene rings is 2. The first-order valence-corrected chi connectivity index (χ1v) is 9.35. The van der Waals surface area contributed by atoms with E-state index in [1.165, 1.54) is 19.2 Å². The minimum absolute atomic E-state index is 0.182. The molecule has 0 saturated carbocycles. The van der Waals surface area contributed by atoms with Crippen LogP contribution < -0.4 is 10.1 Å². The lowest BCUT2D eigenvalue weighted by molar-refractivity contribution is -0.257. The zero-order chi connectivity index (χ0) is 21.2. The van der Waals surface area contributed by atoms with Crippen LogP contribution in [0.15, 0.2) is 54.6 Å². The van der Waals surface area contributed by atoms with Crippen LogP contribution >= 0.6 is 11.6 Å². The third-order valence-electron chi connectivity index (χ3n) is 4.77. The molecule has 4 nitrogen and oxygen atoms in total. The van der Waals surface area contributed by atoms with E-state index in [1.807, 2.05) is 6.92 Å². The Balaban J connectivity index is 2.16. The highest BCUT2D eigenvalue weighted by Gasteiger charge is 2.59. The van der Waals surface area contributed by atoms with Crippen LogP contribution in [-0.4, -0.2) is 34.9 Å². The molecule has 2 atom stereocenters. The fourth-order valence-electron chi connectivity index (χ4n) is 3.15. The molecule has 0 fully saturated rings. The first-order chi connectivity index (χ1) is 13.7. The monoisotopic (exact) mass is 424 g/mol. The van der Waals surface area contributed by atoms with Crippen molar-refractivity contribution in [3.05, 3.63) is 65.9 Å². The van der Waals surface area contributed by atoms with Gasteiger partial charge in [0.25, 0.3) is 0 Å². The lowest BCUT2D eigenvalue weighted by Crippen LogP contribution is -2.54. The molecule has 1 aromatic heterocycles. The number of methoxy groups -OCH3 is 1. The van der Waals surface area contributed by atoms with Crippen LogP contribution in [0.3, 0.4) is 0 Å². The molecule has 3 rings (SSSR count). The molecule has 0 aliphatic carbocycles. The maximum atomic E-state index is 13.9. The maximum absolute atomic E-state index is 13.9. The molecule has 0 bridgehead atoms. The van der Waals surface area contributed by atoms with E-state index in [4.69, 9.17) is 16.3 Å². The third-order valence-corrected chi connectivity index (χ3v) is 5.18. The van der Waals surface area contributed by atoms with Crippen LogP contribution in [0.5, 0.6) is 5.75 Å². The van der Waals surface area contributed by atoms with Gasteiger partial charge in [0.15, 0.2) is 5.60 Å². The van der Waals surface area contributed by atoms with Crippen molar-refractivity contribution in [1.29, 1.82) is 0 Å². The van der Waals surface area contributed by atoms with Gasteiger partial charge in [0, 0.05) is 16.8 Å². The van der Waals surface area contributed by atoms with Gasteiger partial charge in [0.1, 0.15) is 5.75 Å². The van der Waals surface area contributed by atoms with E-state index in [-0.39, 0.29) is 5.56 Å². The summed E-state index contributed by atoms with van der Waals surface area (Å²) in [7, 11) is 1.41. The fourth-order valence-corrected chi connectivity index (χ4v) is 3.46. The van der Waals surface area contributed by atoms with Gasteiger partial charge in [-0.1, -0.05) is 18.2 Å². The van der Waals surface area contributed by atoms with Crippen molar-refractivity contribution in [3.63, 3.8) is 0 Å². The Morgan fingerprint density at radius 2 is 1.86 bits per heavy atom. The summed E-state index contributed by atoms with van der Waals surface area (Å²) in [6.45, 7) is 1.83. The van der Waals surface area contributed by atoms with Gasteiger partial charge in [-0.3, -0.25) is 4.98 Å². The third kappa shape index (κ3) is 4.11. The highest BCUT2D eigenvalue weighted by atomic mass is 35.5. The number of nitrogens with one attached hydrogen (secondary N) is 1. The lowest BCUT2D eigenvalue weighted by atomic mass is 9.88. The number of hydrogen-bond acceptors (Lipinski definition) is 4. The molecule has 1 heterocycles. The number of fused-ring (bicyclic) bond motifs is 1. The first kappa shape index (κ1) is 21.2. The molecule has 0 radical (unpaired) electrons. The molecule has 2 aromatic carbocycles. The molecule has 0 aliphatic rings. The second-order valence-corrected chi connectivity index (χ2v) is 7.00. The number of aryl methyl sites for hydroxylation is 1. The van der Waals surface area contributed by atoms with Gasteiger partial charge in [0.05, 0.1) is 24.5 Å². The summed E-state index contributed by atoms with van der Waals surface area (Å²) in [4.78, 5) is 4.40. The number of ether oxygens (including phenoxy) is 1. The molecule has 3 aromatic rings. The molecule has 154 valence electrons. The number of alkyl halides is 4. The van der Waals surface area contributed by atoms with Crippen molar-refractivity contribution in [2.45, 2.75) is 24.7 Å². The average molecular weight is 425 g/mol. The van der Waals surface area contributed by atoms with Gasteiger partial charge in [-0.05, 0) is 48.9 Å². The Labute approximate surface area is 171 Å². The fraction of sp³-hybridized carbons (Fsp3) is 0.286. The van der Waals surface area contributed by atoms with Crippen LogP contribution in [-0.2, 0) is 0 Å². The van der Waals surface area contributed by atoms with E-state index in [0.29, 0.717) is 22.3 Å². The van der Waals surface area contributed by atoms with Crippen LogP contribution in [0, 0.1) is 6.92 Å². The highest BCUT2D eigenvalue weighted by Crippen LogP contribution is 2.44. The van der Waals surface area contributed by atoms with Gasteiger partial charge < -0.3 is 15.2 Å². The topological polar surface area (TPSA) is 54.4 Å². The van der Waals surface area contributed by atoms with Crippen molar-refractivity contribution in [2.75, 3.05) is 18.3 Å². The number of rotatable bonds is 6. The van der Waals surface area contributed by atoms with E-state index in [2.05, 4.69) is 10.3 Å². The Bertz CT molecular complexity index is 1010. The summed E-state index contributed by atoms with van der Waals surface area (Å²) in [6.07, 6.45) is -4.98. The normalized spacial score (nSPS) is 15.0. The number of aromatic nitrogens is 1. The quantitative estimate of drug-likeness (QED) is 0.531. The van der Waals surface area contributed by atoms with E-state index in [0.717, 1.165) is 5.69 Å². The number of anilines is 1. The predicted molar refractivity (Wildman–Crippen MR) is 108 cm³/mol. The Morgan fingerprint density at radius 1 is 1.14 bits per heavy atom. The summed E-state index contributed by atoms with van der Waals surface area (Å²) in [5.41, 5.74) is -1.23. The molecule has 0 amide bonds. The second kappa shape index (κ2) is 8.08. The van der Waals surface area contributed by atoms with Crippen LogP contribution in [0.1, 0.15) is 17.3 Å². The number of pyridine rings is 1. The summed E-state index contributed by atoms with van der Waals surface area (Å²) in [5.74, 6) is -0.684. The van der Waals surface area contributed by atoms with Gasteiger partial charge in [-0.25, -0.2) is 0 Å². The number of nitrogens with zero attached hydrogens (tertiary/aromatic N) is 1. The minimum Gasteiger partial charge on any atom is -0.497 e. The highest BCUT2D eigenvalue weighted by molar-refractivity contribution is 6.18. The van der Waals surface area contributed by atoms with Gasteiger partial charge in [-0.15, -0.1) is 11.6 Å². The van der Waals surface area contributed by atoms with Crippen molar-refractivity contribution in [1.82, 2.24) is 4.98 Å². The summed E-state index contributed by atoms with van der Waals surface area (Å²) < 4.78 is 46.8. The maximum Gasteiger partial charge on any atom is 0.420 e. The zero-order valence-electron chi connectivity index (χ0n) is 15.8. The second-order valence-electron chi connectivity index (χ2n) is 6.73. The molecule has 2 unspecified atom stereocenters. The van der Waals surface area contributed by atoms with Crippen molar-refractivity contribution >= 4 is 28.2 Å². The Kier molecular flexibility index (Phi) is 5.91. The minimum atomic E-state index is -4.98. The SMILES string of the molecule is COc1cccc(C(Nc2cccc3nc(C)ccc23)C(O)(CCl)C(F)(F)F)c1. The van der Waals surface area contributed by atoms with E-state index in [9.17, 15) is 18.3 Å². The van der Waals surface area contributed by atoms with E-state index in [1.54, 1.807) is 42.5 Å².